The minimum atomic E-state index is -0.151. The zero-order chi connectivity index (χ0) is 15.8. The van der Waals surface area contributed by atoms with Crippen LogP contribution < -0.4 is 5.56 Å². The predicted octanol–water partition coefficient (Wildman–Crippen LogP) is 1.70. The number of hydrogen-bond acceptors (Lipinski definition) is 6. The Balaban J connectivity index is 1.78. The molecule has 0 aliphatic heterocycles. The molecule has 116 valence electrons. The van der Waals surface area contributed by atoms with E-state index in [-0.39, 0.29) is 5.56 Å². The summed E-state index contributed by atoms with van der Waals surface area (Å²) in [5, 5.41) is 14.5. The van der Waals surface area contributed by atoms with Gasteiger partial charge < -0.3 is 4.57 Å². The number of rotatable bonds is 4. The molecule has 4 heterocycles. The molecule has 0 aliphatic carbocycles. The summed E-state index contributed by atoms with van der Waals surface area (Å²) in [7, 11) is 0. The van der Waals surface area contributed by atoms with Gasteiger partial charge in [0.2, 0.25) is 0 Å². The maximum absolute atomic E-state index is 12.6. The van der Waals surface area contributed by atoms with Crippen molar-refractivity contribution in [2.45, 2.75) is 26.3 Å². The van der Waals surface area contributed by atoms with Gasteiger partial charge in [0.25, 0.3) is 11.3 Å². The fraction of sp³-hybridized carbons (Fsp3) is 0.267. The Labute approximate surface area is 135 Å². The van der Waals surface area contributed by atoms with Crippen molar-refractivity contribution >= 4 is 28.1 Å². The van der Waals surface area contributed by atoms with Gasteiger partial charge in [-0.2, -0.15) is 9.50 Å². The van der Waals surface area contributed by atoms with Crippen molar-refractivity contribution in [1.82, 2.24) is 29.4 Å². The third-order valence-electron chi connectivity index (χ3n) is 3.72. The van der Waals surface area contributed by atoms with Crippen molar-refractivity contribution in [3.8, 4) is 0 Å². The first-order chi connectivity index (χ1) is 11.3. The number of pyridine rings is 1. The van der Waals surface area contributed by atoms with Gasteiger partial charge in [0.1, 0.15) is 5.52 Å². The van der Waals surface area contributed by atoms with E-state index in [1.54, 1.807) is 26.6 Å². The van der Waals surface area contributed by atoms with Crippen LogP contribution in [0.1, 0.15) is 17.6 Å². The fourth-order valence-electron chi connectivity index (χ4n) is 2.50. The molecule has 0 amide bonds. The smallest absolute Gasteiger partial charge is 0.280 e. The summed E-state index contributed by atoms with van der Waals surface area (Å²) >= 11 is 1.69. The van der Waals surface area contributed by atoms with Gasteiger partial charge in [0.05, 0.1) is 0 Å². The molecule has 0 saturated carbocycles. The molecule has 0 saturated heterocycles. The van der Waals surface area contributed by atoms with Crippen LogP contribution in [0.25, 0.3) is 16.8 Å². The topological polar surface area (TPSA) is 78.0 Å². The number of aryl methyl sites for hydroxylation is 3. The van der Waals surface area contributed by atoms with Gasteiger partial charge >= 0.3 is 0 Å². The van der Waals surface area contributed by atoms with E-state index in [0.29, 0.717) is 35.6 Å². The minimum Gasteiger partial charge on any atom is -0.313 e. The molecular formula is C15H14N6OS. The summed E-state index contributed by atoms with van der Waals surface area (Å²) in [6, 6.07) is 5.93. The highest BCUT2D eigenvalue weighted by Gasteiger charge is 2.12. The first kappa shape index (κ1) is 14.0. The highest BCUT2D eigenvalue weighted by Crippen LogP contribution is 2.11. The normalized spacial score (nSPS) is 11.5. The van der Waals surface area contributed by atoms with E-state index in [0.717, 1.165) is 6.42 Å². The van der Waals surface area contributed by atoms with Crippen molar-refractivity contribution in [1.29, 1.82) is 0 Å². The third kappa shape index (κ3) is 2.40. The van der Waals surface area contributed by atoms with Crippen LogP contribution >= 0.6 is 11.3 Å². The molecule has 7 nitrogen and oxygen atoms in total. The molecule has 0 aliphatic rings. The fourth-order valence-corrected chi connectivity index (χ4v) is 3.19. The minimum absolute atomic E-state index is 0.151. The van der Waals surface area contributed by atoms with Crippen LogP contribution in [0.15, 0.2) is 34.6 Å². The Morgan fingerprint density at radius 2 is 2.17 bits per heavy atom. The Morgan fingerprint density at radius 1 is 1.26 bits per heavy atom. The van der Waals surface area contributed by atoms with Crippen LogP contribution in [0.2, 0.25) is 0 Å². The number of fused-ring (bicyclic) bond motifs is 3. The monoisotopic (exact) mass is 326 g/mol. The molecule has 0 atom stereocenters. The first-order valence-corrected chi connectivity index (χ1v) is 8.28. The van der Waals surface area contributed by atoms with Crippen molar-refractivity contribution in [2.75, 3.05) is 0 Å². The predicted molar refractivity (Wildman–Crippen MR) is 87.7 cm³/mol. The van der Waals surface area contributed by atoms with Gasteiger partial charge in [-0.3, -0.25) is 4.79 Å². The van der Waals surface area contributed by atoms with Crippen molar-refractivity contribution in [2.24, 2.45) is 0 Å². The maximum atomic E-state index is 12.6. The molecule has 8 heteroatoms. The molecule has 4 aromatic rings. The van der Waals surface area contributed by atoms with Crippen LogP contribution in [0, 0.1) is 0 Å². The third-order valence-corrected chi connectivity index (χ3v) is 4.65. The Hall–Kier alpha value is -2.61. The molecule has 0 spiro atoms. The lowest BCUT2D eigenvalue weighted by atomic mass is 10.3. The Kier molecular flexibility index (Phi) is 3.38. The zero-order valence-electron chi connectivity index (χ0n) is 12.5. The SMILES string of the molecule is CCc1nc2nnc3c(=O)n(CCc4cccs4)ccc3n2n1. The average molecular weight is 326 g/mol. The number of aromatic nitrogens is 6. The summed E-state index contributed by atoms with van der Waals surface area (Å²) in [6.45, 7) is 2.59. The van der Waals surface area contributed by atoms with E-state index >= 15 is 0 Å². The van der Waals surface area contributed by atoms with Crippen molar-refractivity contribution in [3.05, 3.63) is 50.8 Å². The van der Waals surface area contributed by atoms with Gasteiger partial charge in [-0.25, -0.2) is 0 Å². The lowest BCUT2D eigenvalue weighted by Crippen LogP contribution is -2.22. The second-order valence-electron chi connectivity index (χ2n) is 5.17. The Bertz CT molecular complexity index is 1030. The largest absolute Gasteiger partial charge is 0.313 e. The molecule has 4 aromatic heterocycles. The highest BCUT2D eigenvalue weighted by molar-refractivity contribution is 7.09. The van der Waals surface area contributed by atoms with E-state index in [1.807, 2.05) is 24.4 Å². The summed E-state index contributed by atoms with van der Waals surface area (Å²) in [5.41, 5.74) is 0.806. The van der Waals surface area contributed by atoms with E-state index in [4.69, 9.17) is 0 Å². The van der Waals surface area contributed by atoms with E-state index in [2.05, 4.69) is 26.3 Å². The van der Waals surface area contributed by atoms with Crippen LogP contribution in [-0.2, 0) is 19.4 Å². The molecule has 0 aromatic carbocycles. The lowest BCUT2D eigenvalue weighted by molar-refractivity contribution is 0.676. The molecule has 4 rings (SSSR count). The standard InChI is InChI=1S/C15H14N6OS/c1-2-12-16-15-18-17-13-11(21(15)19-12)6-8-20(14(13)22)7-5-10-4-3-9-23-10/h3-4,6,8-9H,2,5,7H2,1H3. The quantitative estimate of drug-likeness (QED) is 0.570. The van der Waals surface area contributed by atoms with E-state index in [9.17, 15) is 4.79 Å². The van der Waals surface area contributed by atoms with Gasteiger partial charge in [0, 0.05) is 24.0 Å². The number of nitrogens with zero attached hydrogens (tertiary/aromatic N) is 6. The summed E-state index contributed by atoms with van der Waals surface area (Å²) < 4.78 is 3.26. The second-order valence-corrected chi connectivity index (χ2v) is 6.20. The van der Waals surface area contributed by atoms with Crippen LogP contribution in [0.4, 0.5) is 0 Å². The van der Waals surface area contributed by atoms with Gasteiger partial charge in [-0.05, 0) is 23.9 Å². The van der Waals surface area contributed by atoms with Gasteiger partial charge in [0.15, 0.2) is 11.3 Å². The molecule has 23 heavy (non-hydrogen) atoms. The second kappa shape index (κ2) is 5.54. The number of hydrogen-bond donors (Lipinski definition) is 0. The van der Waals surface area contributed by atoms with Gasteiger partial charge in [-0.1, -0.05) is 13.0 Å². The summed E-state index contributed by atoms with van der Waals surface area (Å²) in [6.07, 6.45) is 3.32. The zero-order valence-corrected chi connectivity index (χ0v) is 13.3. The van der Waals surface area contributed by atoms with Gasteiger partial charge in [-0.15, -0.1) is 26.6 Å². The van der Waals surface area contributed by atoms with Crippen LogP contribution in [0.5, 0.6) is 0 Å². The summed E-state index contributed by atoms with van der Waals surface area (Å²) in [4.78, 5) is 18.1. The molecular weight excluding hydrogens is 312 g/mol. The lowest BCUT2D eigenvalue weighted by Gasteiger charge is -2.06. The molecule has 0 unspecified atom stereocenters. The van der Waals surface area contributed by atoms with Crippen molar-refractivity contribution in [3.63, 3.8) is 0 Å². The molecule has 0 fully saturated rings. The Morgan fingerprint density at radius 3 is 2.96 bits per heavy atom. The number of thiophene rings is 1. The molecule has 0 bridgehead atoms. The van der Waals surface area contributed by atoms with E-state index < -0.39 is 0 Å². The van der Waals surface area contributed by atoms with Crippen molar-refractivity contribution < 1.29 is 0 Å². The maximum Gasteiger partial charge on any atom is 0.280 e. The first-order valence-electron chi connectivity index (χ1n) is 7.40. The molecule has 0 N–H and O–H groups in total. The average Bonchev–Trinajstić information content (AvgIpc) is 3.23. The van der Waals surface area contributed by atoms with Crippen LogP contribution in [0.3, 0.4) is 0 Å². The summed E-state index contributed by atoms with van der Waals surface area (Å²) in [5.74, 6) is 1.11. The highest BCUT2D eigenvalue weighted by atomic mass is 32.1. The van der Waals surface area contributed by atoms with E-state index in [1.165, 1.54) is 4.88 Å². The van der Waals surface area contributed by atoms with Crippen LogP contribution in [-0.4, -0.2) is 29.4 Å². The molecule has 0 radical (unpaired) electrons.